The van der Waals surface area contributed by atoms with Crippen LogP contribution < -0.4 is 4.74 Å². The smallest absolute Gasteiger partial charge is 0.307 e. The number of nitrogens with zero attached hydrogens (tertiary/aromatic N) is 2. The molecule has 0 spiro atoms. The zero-order chi connectivity index (χ0) is 17.6. The van der Waals surface area contributed by atoms with Crippen molar-refractivity contribution in [1.29, 1.82) is 0 Å². The first-order valence-corrected chi connectivity index (χ1v) is 7.92. The first-order chi connectivity index (χ1) is 12.1. The molecule has 0 unspecified atom stereocenters. The number of pyridine rings is 1. The normalized spacial score (nSPS) is 10.6. The van der Waals surface area contributed by atoms with Crippen molar-refractivity contribution in [1.82, 2.24) is 9.97 Å². The first-order valence-electron chi connectivity index (χ1n) is 7.92. The molecule has 1 aromatic carbocycles. The standard InChI is InChI=1S/C19H18N2O4/c1-13-17(21-19(25-13)15-5-3-8-20-12-15)7-9-24-16-6-2-4-14(10-16)11-18(22)23/h2-6,8,10,12H,7,9,11H2,1H3,(H,22,23). The summed E-state index contributed by atoms with van der Waals surface area (Å²) >= 11 is 0. The third kappa shape index (κ3) is 4.44. The van der Waals surface area contributed by atoms with Gasteiger partial charge in [0.15, 0.2) is 0 Å². The Bertz CT molecular complexity index is 859. The largest absolute Gasteiger partial charge is 0.493 e. The maximum atomic E-state index is 10.8. The lowest BCUT2D eigenvalue weighted by atomic mass is 10.1. The molecule has 3 aromatic rings. The van der Waals surface area contributed by atoms with Crippen molar-refractivity contribution in [3.63, 3.8) is 0 Å². The third-order valence-corrected chi connectivity index (χ3v) is 3.66. The predicted molar refractivity (Wildman–Crippen MR) is 91.5 cm³/mol. The molecule has 0 aliphatic heterocycles. The van der Waals surface area contributed by atoms with Gasteiger partial charge in [-0.05, 0) is 36.8 Å². The Labute approximate surface area is 145 Å². The number of rotatable bonds is 7. The van der Waals surface area contributed by atoms with Gasteiger partial charge < -0.3 is 14.3 Å². The quantitative estimate of drug-likeness (QED) is 0.711. The molecular weight excluding hydrogens is 320 g/mol. The summed E-state index contributed by atoms with van der Waals surface area (Å²) in [5, 5.41) is 8.85. The van der Waals surface area contributed by atoms with Gasteiger partial charge in [-0.1, -0.05) is 12.1 Å². The summed E-state index contributed by atoms with van der Waals surface area (Å²) in [7, 11) is 0. The van der Waals surface area contributed by atoms with E-state index in [0.717, 1.165) is 17.0 Å². The van der Waals surface area contributed by atoms with E-state index in [2.05, 4.69) is 9.97 Å². The lowest BCUT2D eigenvalue weighted by Gasteiger charge is -2.06. The molecular formula is C19H18N2O4. The molecule has 6 heteroatoms. The molecule has 0 saturated carbocycles. The lowest BCUT2D eigenvalue weighted by Crippen LogP contribution is -2.04. The van der Waals surface area contributed by atoms with E-state index in [1.54, 1.807) is 30.6 Å². The molecule has 1 N–H and O–H groups in total. The number of benzene rings is 1. The van der Waals surface area contributed by atoms with Crippen molar-refractivity contribution in [2.45, 2.75) is 19.8 Å². The number of carboxylic acid groups (broad SMARTS) is 1. The van der Waals surface area contributed by atoms with Gasteiger partial charge in [-0.3, -0.25) is 9.78 Å². The third-order valence-electron chi connectivity index (χ3n) is 3.66. The summed E-state index contributed by atoms with van der Waals surface area (Å²) < 4.78 is 11.4. The highest BCUT2D eigenvalue weighted by Gasteiger charge is 2.11. The Kier molecular flexibility index (Phi) is 5.09. The fraction of sp³-hybridized carbons (Fsp3) is 0.211. The van der Waals surface area contributed by atoms with Gasteiger partial charge in [-0.15, -0.1) is 0 Å². The van der Waals surface area contributed by atoms with E-state index >= 15 is 0 Å². The van der Waals surface area contributed by atoms with Crippen LogP contribution in [-0.2, 0) is 17.6 Å². The highest BCUT2D eigenvalue weighted by Crippen LogP contribution is 2.21. The van der Waals surface area contributed by atoms with Crippen LogP contribution in [0.1, 0.15) is 17.0 Å². The molecule has 0 aliphatic carbocycles. The maximum Gasteiger partial charge on any atom is 0.307 e. The highest BCUT2D eigenvalue weighted by molar-refractivity contribution is 5.70. The van der Waals surface area contributed by atoms with Crippen LogP contribution in [0.25, 0.3) is 11.5 Å². The van der Waals surface area contributed by atoms with E-state index in [4.69, 9.17) is 14.3 Å². The molecule has 0 bridgehead atoms. The number of oxazole rings is 1. The Morgan fingerprint density at radius 2 is 2.16 bits per heavy atom. The lowest BCUT2D eigenvalue weighted by molar-refractivity contribution is -0.136. The molecule has 25 heavy (non-hydrogen) atoms. The van der Waals surface area contributed by atoms with E-state index in [-0.39, 0.29) is 6.42 Å². The van der Waals surface area contributed by atoms with Gasteiger partial charge in [0.1, 0.15) is 11.5 Å². The van der Waals surface area contributed by atoms with Crippen LogP contribution in [0.4, 0.5) is 0 Å². The van der Waals surface area contributed by atoms with Gasteiger partial charge in [0, 0.05) is 18.8 Å². The van der Waals surface area contributed by atoms with Gasteiger partial charge in [-0.25, -0.2) is 4.98 Å². The molecule has 3 rings (SSSR count). The average Bonchev–Trinajstić information content (AvgIpc) is 2.96. The van der Waals surface area contributed by atoms with Crippen LogP contribution in [-0.4, -0.2) is 27.7 Å². The van der Waals surface area contributed by atoms with Gasteiger partial charge in [-0.2, -0.15) is 0 Å². The number of aliphatic carboxylic acids is 1. The second-order valence-corrected chi connectivity index (χ2v) is 5.58. The Balaban J connectivity index is 1.61. The summed E-state index contributed by atoms with van der Waals surface area (Å²) in [5.74, 6) is 1.08. The Morgan fingerprint density at radius 3 is 2.92 bits per heavy atom. The number of ether oxygens (including phenoxy) is 1. The molecule has 2 heterocycles. The number of aromatic nitrogens is 2. The SMILES string of the molecule is Cc1oc(-c2cccnc2)nc1CCOc1cccc(CC(=O)O)c1. The number of hydrogen-bond acceptors (Lipinski definition) is 5. The second-order valence-electron chi connectivity index (χ2n) is 5.58. The fourth-order valence-corrected chi connectivity index (χ4v) is 2.46. The van der Waals surface area contributed by atoms with Crippen LogP contribution in [0.2, 0.25) is 0 Å². The molecule has 0 aliphatic rings. The van der Waals surface area contributed by atoms with E-state index < -0.39 is 5.97 Å². The molecule has 6 nitrogen and oxygen atoms in total. The first kappa shape index (κ1) is 16.7. The number of carboxylic acids is 1. The molecule has 0 radical (unpaired) electrons. The van der Waals surface area contributed by atoms with Crippen LogP contribution in [0.5, 0.6) is 5.75 Å². The van der Waals surface area contributed by atoms with Crippen LogP contribution in [0.15, 0.2) is 53.2 Å². The van der Waals surface area contributed by atoms with Gasteiger partial charge in [0.05, 0.1) is 24.3 Å². The molecule has 128 valence electrons. The number of carbonyl (C=O) groups is 1. The van der Waals surface area contributed by atoms with Gasteiger partial charge in [0.2, 0.25) is 5.89 Å². The Morgan fingerprint density at radius 1 is 1.28 bits per heavy atom. The van der Waals surface area contributed by atoms with Crippen LogP contribution >= 0.6 is 0 Å². The minimum atomic E-state index is -0.863. The monoisotopic (exact) mass is 338 g/mol. The fourth-order valence-electron chi connectivity index (χ4n) is 2.46. The Hall–Kier alpha value is -3.15. The van der Waals surface area contributed by atoms with E-state index in [1.807, 2.05) is 25.1 Å². The van der Waals surface area contributed by atoms with Crippen molar-refractivity contribution in [3.8, 4) is 17.2 Å². The minimum absolute atomic E-state index is 0.0198. The van der Waals surface area contributed by atoms with Crippen LogP contribution in [0.3, 0.4) is 0 Å². The van der Waals surface area contributed by atoms with Crippen molar-refractivity contribution in [2.75, 3.05) is 6.61 Å². The molecule has 0 amide bonds. The summed E-state index contributed by atoms with van der Waals surface area (Å²) in [6.45, 7) is 2.30. The average molecular weight is 338 g/mol. The summed E-state index contributed by atoms with van der Waals surface area (Å²) in [6, 6.07) is 10.8. The molecule has 0 saturated heterocycles. The van der Waals surface area contributed by atoms with E-state index in [0.29, 0.717) is 30.2 Å². The van der Waals surface area contributed by atoms with Crippen molar-refractivity contribution < 1.29 is 19.1 Å². The highest BCUT2D eigenvalue weighted by atomic mass is 16.5. The summed E-state index contributed by atoms with van der Waals surface area (Å²) in [5.41, 5.74) is 2.38. The number of hydrogen-bond donors (Lipinski definition) is 1. The topological polar surface area (TPSA) is 85.5 Å². The van der Waals surface area contributed by atoms with Gasteiger partial charge >= 0.3 is 5.97 Å². The molecule has 0 atom stereocenters. The second kappa shape index (κ2) is 7.61. The van der Waals surface area contributed by atoms with Crippen molar-refractivity contribution >= 4 is 5.97 Å². The summed E-state index contributed by atoms with van der Waals surface area (Å²) in [4.78, 5) is 19.3. The van der Waals surface area contributed by atoms with Crippen LogP contribution in [0, 0.1) is 6.92 Å². The molecule has 0 fully saturated rings. The van der Waals surface area contributed by atoms with Crippen molar-refractivity contribution in [3.05, 3.63) is 65.8 Å². The summed E-state index contributed by atoms with van der Waals surface area (Å²) in [6.07, 6.45) is 3.98. The van der Waals surface area contributed by atoms with Crippen molar-refractivity contribution in [2.24, 2.45) is 0 Å². The minimum Gasteiger partial charge on any atom is -0.493 e. The maximum absolute atomic E-state index is 10.8. The zero-order valence-corrected chi connectivity index (χ0v) is 13.8. The van der Waals surface area contributed by atoms with E-state index in [9.17, 15) is 4.79 Å². The molecule has 2 aromatic heterocycles. The predicted octanol–water partition coefficient (Wildman–Crippen LogP) is 3.29. The van der Waals surface area contributed by atoms with Gasteiger partial charge in [0.25, 0.3) is 0 Å². The zero-order valence-electron chi connectivity index (χ0n) is 13.8. The number of aryl methyl sites for hydroxylation is 1. The van der Waals surface area contributed by atoms with E-state index in [1.165, 1.54) is 0 Å².